The first-order valence-electron chi connectivity index (χ1n) is 11.1. The van der Waals surface area contributed by atoms with Crippen molar-refractivity contribution in [2.24, 2.45) is 0 Å². The molecule has 1 N–H and O–H groups in total. The maximum absolute atomic E-state index is 14.0. The van der Waals surface area contributed by atoms with Crippen molar-refractivity contribution in [2.75, 3.05) is 6.61 Å². The minimum atomic E-state index is -1.53. The van der Waals surface area contributed by atoms with Crippen molar-refractivity contribution >= 4 is 17.9 Å². The number of hydrogen-bond acceptors (Lipinski definition) is 9. The SMILES string of the molecule is CC(=O)O[C@@H]1[C@H](OC(=O)c2ccccc2)[C@@H](COC(=O)c2ccccc2)O[C@H]1n1cc(F)c(=O)[nH]c1=O. The second-order valence-corrected chi connectivity index (χ2v) is 7.98. The summed E-state index contributed by atoms with van der Waals surface area (Å²) < 4.78 is 36.8. The Morgan fingerprint density at radius 1 is 0.919 bits per heavy atom. The molecule has 1 fully saturated rings. The molecule has 1 aliphatic heterocycles. The van der Waals surface area contributed by atoms with E-state index in [4.69, 9.17) is 18.9 Å². The molecule has 4 atom stereocenters. The van der Waals surface area contributed by atoms with Gasteiger partial charge >= 0.3 is 23.6 Å². The number of aromatic nitrogens is 2. The van der Waals surface area contributed by atoms with Crippen LogP contribution in [0.25, 0.3) is 0 Å². The Morgan fingerprint density at radius 2 is 1.51 bits per heavy atom. The van der Waals surface area contributed by atoms with Crippen molar-refractivity contribution < 1.29 is 37.7 Å². The van der Waals surface area contributed by atoms with Gasteiger partial charge in [-0.2, -0.15) is 4.39 Å². The Morgan fingerprint density at radius 3 is 2.11 bits per heavy atom. The van der Waals surface area contributed by atoms with E-state index in [-0.39, 0.29) is 11.1 Å². The minimum Gasteiger partial charge on any atom is -0.459 e. The second kappa shape index (κ2) is 11.0. The number of carbonyl (C=O) groups is 3. The van der Waals surface area contributed by atoms with E-state index in [0.29, 0.717) is 10.8 Å². The van der Waals surface area contributed by atoms with Crippen LogP contribution in [0.3, 0.4) is 0 Å². The number of nitrogens with one attached hydrogen (secondary N) is 1. The maximum atomic E-state index is 14.0. The monoisotopic (exact) mass is 512 g/mol. The number of H-pyrrole nitrogens is 1. The summed E-state index contributed by atoms with van der Waals surface area (Å²) in [5.74, 6) is -3.65. The molecule has 1 saturated heterocycles. The molecule has 2 aromatic carbocycles. The Labute approximate surface area is 208 Å². The van der Waals surface area contributed by atoms with Crippen LogP contribution >= 0.6 is 0 Å². The summed E-state index contributed by atoms with van der Waals surface area (Å²) in [6.45, 7) is 0.599. The number of hydrogen-bond donors (Lipinski definition) is 1. The number of benzene rings is 2. The van der Waals surface area contributed by atoms with Gasteiger partial charge in [-0.15, -0.1) is 0 Å². The summed E-state index contributed by atoms with van der Waals surface area (Å²) in [6.07, 6.45) is -5.04. The third kappa shape index (κ3) is 5.81. The molecular weight excluding hydrogens is 491 g/mol. The highest BCUT2D eigenvalue weighted by Gasteiger charge is 2.51. The second-order valence-electron chi connectivity index (χ2n) is 7.98. The van der Waals surface area contributed by atoms with E-state index >= 15 is 0 Å². The van der Waals surface area contributed by atoms with Gasteiger partial charge in [-0.3, -0.25) is 19.1 Å². The van der Waals surface area contributed by atoms with Crippen molar-refractivity contribution in [2.45, 2.75) is 31.5 Å². The highest BCUT2D eigenvalue weighted by molar-refractivity contribution is 5.90. The molecule has 0 radical (unpaired) electrons. The summed E-state index contributed by atoms with van der Waals surface area (Å²) in [4.78, 5) is 63.0. The molecule has 37 heavy (non-hydrogen) atoms. The van der Waals surface area contributed by atoms with Crippen LogP contribution in [0, 0.1) is 5.82 Å². The lowest BCUT2D eigenvalue weighted by atomic mass is 10.1. The fourth-order valence-electron chi connectivity index (χ4n) is 3.76. The summed E-state index contributed by atoms with van der Waals surface area (Å²) in [6, 6.07) is 15.9. The van der Waals surface area contributed by atoms with Gasteiger partial charge in [-0.1, -0.05) is 36.4 Å². The van der Waals surface area contributed by atoms with Crippen molar-refractivity contribution in [1.82, 2.24) is 9.55 Å². The first-order valence-corrected chi connectivity index (χ1v) is 11.1. The van der Waals surface area contributed by atoms with Crippen LogP contribution in [-0.2, 0) is 23.7 Å². The van der Waals surface area contributed by atoms with Gasteiger partial charge in [-0.25, -0.2) is 14.4 Å². The van der Waals surface area contributed by atoms with Gasteiger partial charge < -0.3 is 18.9 Å². The van der Waals surface area contributed by atoms with Gasteiger partial charge in [0.25, 0.3) is 5.56 Å². The average Bonchev–Trinajstić information content (AvgIpc) is 3.21. The zero-order chi connectivity index (χ0) is 26.5. The van der Waals surface area contributed by atoms with E-state index in [9.17, 15) is 28.4 Å². The Balaban J connectivity index is 1.68. The van der Waals surface area contributed by atoms with Gasteiger partial charge in [0.05, 0.1) is 17.3 Å². The van der Waals surface area contributed by atoms with E-state index < -0.39 is 66.1 Å². The third-order valence-electron chi connectivity index (χ3n) is 5.43. The molecule has 3 aromatic rings. The van der Waals surface area contributed by atoms with Crippen LogP contribution in [0.4, 0.5) is 4.39 Å². The van der Waals surface area contributed by atoms with E-state index in [1.807, 2.05) is 0 Å². The predicted molar refractivity (Wildman–Crippen MR) is 123 cm³/mol. The molecule has 1 aliphatic rings. The minimum absolute atomic E-state index is 0.166. The first-order chi connectivity index (χ1) is 17.7. The molecule has 0 bridgehead atoms. The Bertz CT molecular complexity index is 1400. The summed E-state index contributed by atoms with van der Waals surface area (Å²) in [5.41, 5.74) is -1.92. The fourth-order valence-corrected chi connectivity index (χ4v) is 3.76. The van der Waals surface area contributed by atoms with Crippen LogP contribution in [0.1, 0.15) is 33.9 Å². The molecule has 2 heterocycles. The Hall–Kier alpha value is -4.58. The highest BCUT2D eigenvalue weighted by Crippen LogP contribution is 2.34. The zero-order valence-electron chi connectivity index (χ0n) is 19.4. The van der Waals surface area contributed by atoms with Crippen LogP contribution in [0.15, 0.2) is 76.4 Å². The number of nitrogens with zero attached hydrogens (tertiary/aromatic N) is 1. The van der Waals surface area contributed by atoms with Crippen molar-refractivity contribution in [3.8, 4) is 0 Å². The highest BCUT2D eigenvalue weighted by atomic mass is 19.1. The number of ether oxygens (including phenoxy) is 4. The molecule has 1 aromatic heterocycles. The topological polar surface area (TPSA) is 143 Å². The molecule has 0 amide bonds. The normalized spacial score (nSPS) is 20.7. The molecule has 12 heteroatoms. The lowest BCUT2D eigenvalue weighted by Crippen LogP contribution is -2.43. The van der Waals surface area contributed by atoms with Crippen molar-refractivity contribution in [1.29, 1.82) is 0 Å². The summed E-state index contributed by atoms with van der Waals surface area (Å²) in [5, 5.41) is 0. The molecule has 0 spiro atoms. The third-order valence-corrected chi connectivity index (χ3v) is 5.43. The lowest BCUT2D eigenvalue weighted by molar-refractivity contribution is -0.156. The van der Waals surface area contributed by atoms with Crippen LogP contribution in [-0.4, -0.2) is 52.4 Å². The number of rotatable bonds is 7. The fraction of sp³-hybridized carbons (Fsp3) is 0.240. The van der Waals surface area contributed by atoms with Crippen LogP contribution < -0.4 is 11.2 Å². The zero-order valence-corrected chi connectivity index (χ0v) is 19.4. The largest absolute Gasteiger partial charge is 0.459 e. The molecule has 4 rings (SSSR count). The lowest BCUT2D eigenvalue weighted by Gasteiger charge is -2.24. The molecule has 192 valence electrons. The summed E-state index contributed by atoms with van der Waals surface area (Å²) in [7, 11) is 0. The van der Waals surface area contributed by atoms with Crippen molar-refractivity contribution in [3.63, 3.8) is 0 Å². The molecular formula is C25H21FN2O9. The van der Waals surface area contributed by atoms with Crippen LogP contribution in [0.2, 0.25) is 0 Å². The average molecular weight is 512 g/mol. The predicted octanol–water partition coefficient (Wildman–Crippen LogP) is 1.59. The summed E-state index contributed by atoms with van der Waals surface area (Å²) >= 11 is 0. The molecule has 0 aliphatic carbocycles. The standard InChI is InChI=1S/C25H21FN2O9/c1-14(29)35-20-19(37-24(32)16-10-6-3-7-11-16)18(13-34-23(31)15-8-4-2-5-9-15)36-22(20)28-12-17(26)21(30)27-25(28)33/h2-12,18-20,22H,13H2,1H3,(H,27,30,33)/t18-,19-,20-,22-/m1/s1. The number of aromatic amines is 1. The van der Waals surface area contributed by atoms with E-state index in [2.05, 4.69) is 0 Å². The number of carbonyl (C=O) groups excluding carboxylic acids is 3. The Kier molecular flexibility index (Phi) is 7.58. The quantitative estimate of drug-likeness (QED) is 0.369. The van der Waals surface area contributed by atoms with Crippen molar-refractivity contribution in [3.05, 3.63) is 105 Å². The van der Waals surface area contributed by atoms with Gasteiger partial charge in [-0.05, 0) is 24.3 Å². The van der Waals surface area contributed by atoms with E-state index in [1.165, 1.54) is 24.3 Å². The van der Waals surface area contributed by atoms with Gasteiger partial charge in [0, 0.05) is 6.92 Å². The number of esters is 3. The maximum Gasteiger partial charge on any atom is 0.338 e. The van der Waals surface area contributed by atoms with Gasteiger partial charge in [0.15, 0.2) is 18.4 Å². The first kappa shape index (κ1) is 25.5. The smallest absolute Gasteiger partial charge is 0.338 e. The molecule has 11 nitrogen and oxygen atoms in total. The van der Waals surface area contributed by atoms with E-state index in [0.717, 1.165) is 6.92 Å². The van der Waals surface area contributed by atoms with E-state index in [1.54, 1.807) is 41.4 Å². The van der Waals surface area contributed by atoms with Gasteiger partial charge in [0.1, 0.15) is 12.7 Å². The molecule has 0 saturated carbocycles. The molecule has 0 unspecified atom stereocenters. The van der Waals surface area contributed by atoms with Crippen LogP contribution in [0.5, 0.6) is 0 Å². The number of halogens is 1. The van der Waals surface area contributed by atoms with Gasteiger partial charge in [0.2, 0.25) is 5.82 Å².